The highest BCUT2D eigenvalue weighted by molar-refractivity contribution is 8.00. The van der Waals surface area contributed by atoms with Crippen LogP contribution in [0.4, 0.5) is 5.69 Å². The Kier molecular flexibility index (Phi) is 8.21. The fourth-order valence-electron chi connectivity index (χ4n) is 3.09. The molecule has 0 aliphatic carbocycles. The molecule has 8 heteroatoms. The summed E-state index contributed by atoms with van der Waals surface area (Å²) in [6, 6.07) is 17.4. The van der Waals surface area contributed by atoms with Crippen LogP contribution in [0.3, 0.4) is 0 Å². The molecule has 3 aromatic carbocycles. The molecule has 3 aromatic rings. The van der Waals surface area contributed by atoms with Gasteiger partial charge in [-0.25, -0.2) is 0 Å². The number of amides is 1. The number of carbonyl (C=O) groups is 2. The second-order valence-electron chi connectivity index (χ2n) is 6.83. The highest BCUT2D eigenvalue weighted by Crippen LogP contribution is 2.30. The summed E-state index contributed by atoms with van der Waals surface area (Å²) in [4.78, 5) is 26.2. The average Bonchev–Trinajstić information content (AvgIpc) is 2.86. The molecule has 33 heavy (non-hydrogen) atoms. The van der Waals surface area contributed by atoms with Crippen molar-refractivity contribution in [2.24, 2.45) is 0 Å². The van der Waals surface area contributed by atoms with Crippen molar-refractivity contribution in [2.45, 2.75) is 4.90 Å². The van der Waals surface area contributed by atoms with E-state index in [2.05, 4.69) is 5.32 Å². The number of anilines is 1. The van der Waals surface area contributed by atoms with Gasteiger partial charge in [0.2, 0.25) is 0 Å². The first-order valence-electron chi connectivity index (χ1n) is 10.0. The number of Topliss-reactive ketones (excluding diaryl/α,β-unsaturated/α-hetero) is 1. The van der Waals surface area contributed by atoms with Crippen LogP contribution in [0.2, 0.25) is 0 Å². The lowest BCUT2D eigenvalue weighted by atomic mass is 10.1. The van der Waals surface area contributed by atoms with Crippen molar-refractivity contribution in [3.63, 3.8) is 0 Å². The molecule has 0 aliphatic rings. The second kappa shape index (κ2) is 11.3. The first-order chi connectivity index (χ1) is 16.0. The summed E-state index contributed by atoms with van der Waals surface area (Å²) in [5, 5.41) is 2.87. The third-order valence-corrected chi connectivity index (χ3v) is 5.81. The van der Waals surface area contributed by atoms with Gasteiger partial charge in [-0.2, -0.15) is 0 Å². The molecule has 0 atom stereocenters. The number of hydrogen-bond acceptors (Lipinski definition) is 7. The fraction of sp³-hybridized carbons (Fsp3) is 0.200. The smallest absolute Gasteiger partial charge is 0.255 e. The number of ketones is 1. The number of thioether (sulfide) groups is 1. The molecule has 0 bridgehead atoms. The molecule has 0 radical (unpaired) electrons. The Morgan fingerprint density at radius 2 is 1.30 bits per heavy atom. The normalized spacial score (nSPS) is 10.3. The Morgan fingerprint density at radius 3 is 1.91 bits per heavy atom. The minimum Gasteiger partial charge on any atom is -0.493 e. The molecule has 3 rings (SSSR count). The third-order valence-electron chi connectivity index (χ3n) is 4.81. The van der Waals surface area contributed by atoms with Crippen LogP contribution >= 0.6 is 11.8 Å². The topological polar surface area (TPSA) is 83.1 Å². The lowest BCUT2D eigenvalue weighted by molar-refractivity contribution is 0.101. The van der Waals surface area contributed by atoms with Gasteiger partial charge in [0.15, 0.2) is 28.8 Å². The quantitative estimate of drug-likeness (QED) is 0.334. The summed E-state index contributed by atoms with van der Waals surface area (Å²) >= 11 is 1.39. The first-order valence-corrected chi connectivity index (χ1v) is 11.0. The fourth-order valence-corrected chi connectivity index (χ4v) is 3.94. The molecule has 0 fully saturated rings. The standard InChI is InChI=1S/C25H25NO6S/c1-29-21-10-8-16(12-23(21)31-3)20(27)15-33-19-7-5-6-18(14-19)26-25(28)17-9-11-22(30-2)24(13-17)32-4/h5-14H,15H2,1-4H3,(H,26,28). The van der Waals surface area contributed by atoms with Crippen molar-refractivity contribution in [1.82, 2.24) is 0 Å². The Bertz CT molecular complexity index is 1150. The van der Waals surface area contributed by atoms with Crippen molar-refractivity contribution in [1.29, 1.82) is 0 Å². The van der Waals surface area contributed by atoms with E-state index >= 15 is 0 Å². The van der Waals surface area contributed by atoms with Gasteiger partial charge in [-0.05, 0) is 54.6 Å². The van der Waals surface area contributed by atoms with Crippen LogP contribution in [-0.4, -0.2) is 45.9 Å². The molecule has 0 spiro atoms. The summed E-state index contributed by atoms with van der Waals surface area (Å²) in [7, 11) is 6.13. The zero-order chi connectivity index (χ0) is 23.8. The number of hydrogen-bond donors (Lipinski definition) is 1. The van der Waals surface area contributed by atoms with Gasteiger partial charge in [0.1, 0.15) is 0 Å². The van der Waals surface area contributed by atoms with Crippen LogP contribution in [0.5, 0.6) is 23.0 Å². The monoisotopic (exact) mass is 467 g/mol. The third kappa shape index (κ3) is 5.98. The van der Waals surface area contributed by atoms with Gasteiger partial charge >= 0.3 is 0 Å². The molecule has 1 N–H and O–H groups in total. The summed E-state index contributed by atoms with van der Waals surface area (Å²) in [5.74, 6) is 2.02. The van der Waals surface area contributed by atoms with Gasteiger partial charge in [-0.15, -0.1) is 11.8 Å². The minimum absolute atomic E-state index is 0.0410. The maximum absolute atomic E-state index is 12.7. The molecule has 0 aromatic heterocycles. The van der Waals surface area contributed by atoms with Gasteiger partial charge in [0.25, 0.3) is 5.91 Å². The zero-order valence-electron chi connectivity index (χ0n) is 18.8. The van der Waals surface area contributed by atoms with E-state index in [0.717, 1.165) is 4.90 Å². The molecule has 172 valence electrons. The van der Waals surface area contributed by atoms with E-state index in [1.165, 1.54) is 33.1 Å². The minimum atomic E-state index is -0.278. The van der Waals surface area contributed by atoms with Crippen molar-refractivity contribution < 1.29 is 28.5 Å². The van der Waals surface area contributed by atoms with E-state index < -0.39 is 0 Å². The first kappa shape index (κ1) is 24.0. The summed E-state index contributed by atoms with van der Waals surface area (Å²) < 4.78 is 20.9. The predicted molar refractivity (Wildman–Crippen MR) is 129 cm³/mol. The van der Waals surface area contributed by atoms with E-state index in [-0.39, 0.29) is 17.4 Å². The van der Waals surface area contributed by atoms with Crippen LogP contribution in [0, 0.1) is 0 Å². The molecule has 0 unspecified atom stereocenters. The van der Waals surface area contributed by atoms with Crippen molar-refractivity contribution in [3.8, 4) is 23.0 Å². The number of carbonyl (C=O) groups excluding carboxylic acids is 2. The van der Waals surface area contributed by atoms with Gasteiger partial charge in [-0.1, -0.05) is 6.07 Å². The van der Waals surface area contributed by atoms with Crippen molar-refractivity contribution in [2.75, 3.05) is 39.5 Å². The molecule has 1 amide bonds. The van der Waals surface area contributed by atoms with Gasteiger partial charge in [0, 0.05) is 21.7 Å². The summed E-state index contributed by atoms with van der Waals surface area (Å²) in [6.07, 6.45) is 0. The number of nitrogens with one attached hydrogen (secondary N) is 1. The van der Waals surface area contributed by atoms with E-state index in [4.69, 9.17) is 18.9 Å². The van der Waals surface area contributed by atoms with E-state index in [0.29, 0.717) is 39.8 Å². The number of benzene rings is 3. The average molecular weight is 468 g/mol. The number of rotatable bonds is 10. The number of methoxy groups -OCH3 is 4. The van der Waals surface area contributed by atoms with Crippen LogP contribution in [0.1, 0.15) is 20.7 Å². The Balaban J connectivity index is 1.65. The number of ether oxygens (including phenoxy) is 4. The molecule has 0 saturated carbocycles. The van der Waals surface area contributed by atoms with Crippen LogP contribution in [0.25, 0.3) is 0 Å². The zero-order valence-corrected chi connectivity index (χ0v) is 19.7. The van der Waals surface area contributed by atoms with Crippen LogP contribution in [-0.2, 0) is 0 Å². The van der Waals surface area contributed by atoms with E-state index in [9.17, 15) is 9.59 Å². The Labute approximate surface area is 197 Å². The van der Waals surface area contributed by atoms with Gasteiger partial charge in [-0.3, -0.25) is 9.59 Å². The molecule has 0 saturated heterocycles. The van der Waals surface area contributed by atoms with Crippen molar-refractivity contribution >= 4 is 29.1 Å². The largest absolute Gasteiger partial charge is 0.493 e. The van der Waals surface area contributed by atoms with E-state index in [1.807, 2.05) is 18.2 Å². The van der Waals surface area contributed by atoms with Crippen molar-refractivity contribution in [3.05, 3.63) is 71.8 Å². The van der Waals surface area contributed by atoms with E-state index in [1.54, 1.807) is 49.6 Å². The summed E-state index contributed by atoms with van der Waals surface area (Å²) in [5.41, 5.74) is 1.60. The Hall–Kier alpha value is -3.65. The second-order valence-corrected chi connectivity index (χ2v) is 7.88. The lowest BCUT2D eigenvalue weighted by Gasteiger charge is -2.11. The van der Waals surface area contributed by atoms with Gasteiger partial charge < -0.3 is 24.3 Å². The molecule has 7 nitrogen and oxygen atoms in total. The molecule has 0 aliphatic heterocycles. The molecular formula is C25H25NO6S. The predicted octanol–water partition coefficient (Wildman–Crippen LogP) is 4.95. The lowest BCUT2D eigenvalue weighted by Crippen LogP contribution is -2.12. The SMILES string of the molecule is COc1ccc(C(=O)CSc2cccc(NC(=O)c3ccc(OC)c(OC)c3)c2)cc1OC. The summed E-state index contributed by atoms with van der Waals surface area (Å²) in [6.45, 7) is 0. The molecular weight excluding hydrogens is 442 g/mol. The van der Waals surface area contributed by atoms with Crippen LogP contribution < -0.4 is 24.3 Å². The maximum atomic E-state index is 12.7. The molecule has 0 heterocycles. The maximum Gasteiger partial charge on any atom is 0.255 e. The Morgan fingerprint density at radius 1 is 0.727 bits per heavy atom. The van der Waals surface area contributed by atoms with Gasteiger partial charge in [0.05, 0.1) is 34.2 Å². The highest BCUT2D eigenvalue weighted by Gasteiger charge is 2.13. The highest BCUT2D eigenvalue weighted by atomic mass is 32.2. The van der Waals surface area contributed by atoms with Crippen LogP contribution in [0.15, 0.2) is 65.6 Å².